The molecule has 1 atom stereocenters. The molecule has 150 valence electrons. The number of rotatable bonds is 5. The number of carbonyl (C=O) groups is 2. The van der Waals surface area contributed by atoms with Crippen molar-refractivity contribution in [1.29, 1.82) is 0 Å². The summed E-state index contributed by atoms with van der Waals surface area (Å²) in [7, 11) is 1.64. The maximum atomic E-state index is 13.4. The molecule has 0 N–H and O–H groups in total. The van der Waals surface area contributed by atoms with Crippen LogP contribution in [0.25, 0.3) is 0 Å². The van der Waals surface area contributed by atoms with E-state index in [2.05, 4.69) is 5.10 Å². The second-order valence-electron chi connectivity index (χ2n) is 7.50. The molecular weight excluding hydrogens is 393 g/mol. The molecule has 7 heteroatoms. The zero-order valence-electron chi connectivity index (χ0n) is 16.0. The van der Waals surface area contributed by atoms with E-state index >= 15 is 0 Å². The van der Waals surface area contributed by atoms with Crippen LogP contribution in [0.4, 0.5) is 4.39 Å². The predicted octanol–water partition coefficient (Wildman–Crippen LogP) is 4.03. The van der Waals surface area contributed by atoms with Crippen LogP contribution in [0.2, 0.25) is 5.02 Å². The fourth-order valence-electron chi connectivity index (χ4n) is 3.54. The number of benzene rings is 2. The van der Waals surface area contributed by atoms with E-state index in [1.807, 2.05) is 18.2 Å². The van der Waals surface area contributed by atoms with Crippen molar-refractivity contribution >= 4 is 29.1 Å². The average Bonchev–Trinajstić information content (AvgIpc) is 3.47. The van der Waals surface area contributed by atoms with Crippen molar-refractivity contribution < 1.29 is 14.0 Å². The van der Waals surface area contributed by atoms with Crippen molar-refractivity contribution in [3.05, 3.63) is 70.5 Å². The predicted molar refractivity (Wildman–Crippen MR) is 109 cm³/mol. The van der Waals surface area contributed by atoms with Crippen LogP contribution in [0.1, 0.15) is 36.4 Å². The number of carbonyl (C=O) groups excluding carboxylic acids is 2. The van der Waals surface area contributed by atoms with E-state index in [1.165, 1.54) is 22.0 Å². The minimum Gasteiger partial charge on any atom is -0.336 e. The third-order valence-electron chi connectivity index (χ3n) is 5.28. The lowest BCUT2D eigenvalue weighted by Gasteiger charge is -2.25. The van der Waals surface area contributed by atoms with Crippen molar-refractivity contribution in [3.63, 3.8) is 0 Å². The van der Waals surface area contributed by atoms with Crippen LogP contribution in [0.15, 0.2) is 53.6 Å². The molecule has 1 heterocycles. The maximum Gasteiger partial charge on any atom is 0.262 e. The first-order valence-electron chi connectivity index (χ1n) is 9.59. The van der Waals surface area contributed by atoms with Crippen molar-refractivity contribution in [2.45, 2.75) is 25.3 Å². The molecule has 0 spiro atoms. The van der Waals surface area contributed by atoms with Crippen molar-refractivity contribution in [3.8, 4) is 0 Å². The van der Waals surface area contributed by atoms with Crippen LogP contribution >= 0.6 is 11.6 Å². The highest BCUT2D eigenvalue weighted by Crippen LogP contribution is 2.35. The van der Waals surface area contributed by atoms with Gasteiger partial charge in [-0.05, 0) is 36.6 Å². The summed E-state index contributed by atoms with van der Waals surface area (Å²) in [5, 5.41) is 6.52. The van der Waals surface area contributed by atoms with E-state index in [4.69, 9.17) is 11.6 Å². The van der Waals surface area contributed by atoms with Crippen LogP contribution in [0.5, 0.6) is 0 Å². The Bertz CT molecular complexity index is 972. The Morgan fingerprint density at radius 3 is 2.52 bits per heavy atom. The highest BCUT2D eigenvalue weighted by molar-refractivity contribution is 6.34. The number of hydrogen-bond donors (Lipinski definition) is 0. The Hall–Kier alpha value is -2.73. The van der Waals surface area contributed by atoms with Gasteiger partial charge in [0.1, 0.15) is 12.4 Å². The molecule has 1 aliphatic carbocycles. The van der Waals surface area contributed by atoms with E-state index < -0.39 is 0 Å². The molecule has 1 saturated carbocycles. The third-order valence-corrected chi connectivity index (χ3v) is 5.61. The molecule has 2 aromatic rings. The van der Waals surface area contributed by atoms with Gasteiger partial charge in [-0.15, -0.1) is 0 Å². The first-order chi connectivity index (χ1) is 13.9. The summed E-state index contributed by atoms with van der Waals surface area (Å²) < 4.78 is 13.4. The van der Waals surface area contributed by atoms with E-state index in [1.54, 1.807) is 25.2 Å². The molecule has 5 nitrogen and oxygen atoms in total. The molecule has 1 fully saturated rings. The SMILES string of the molecule is CN(CC(=O)N1N=C(c2ccccc2Cl)C[C@@H]1c1ccc(F)cc1)C(=O)C1CC1. The molecule has 0 saturated heterocycles. The summed E-state index contributed by atoms with van der Waals surface area (Å²) in [5.41, 5.74) is 2.23. The lowest BCUT2D eigenvalue weighted by molar-refractivity contribution is -0.141. The van der Waals surface area contributed by atoms with E-state index in [-0.39, 0.29) is 36.1 Å². The molecule has 2 amide bonds. The van der Waals surface area contributed by atoms with Gasteiger partial charge in [0.25, 0.3) is 5.91 Å². The fraction of sp³-hybridized carbons (Fsp3) is 0.318. The summed E-state index contributed by atoms with van der Waals surface area (Å²) in [4.78, 5) is 26.7. The maximum absolute atomic E-state index is 13.4. The van der Waals surface area contributed by atoms with Gasteiger partial charge in [0.15, 0.2) is 0 Å². The van der Waals surface area contributed by atoms with Gasteiger partial charge in [0.05, 0.1) is 11.8 Å². The van der Waals surface area contributed by atoms with Crippen LogP contribution in [-0.4, -0.2) is 41.0 Å². The zero-order valence-corrected chi connectivity index (χ0v) is 16.8. The molecular formula is C22H21ClFN3O2. The number of hydrazone groups is 1. The molecule has 2 aromatic carbocycles. The Morgan fingerprint density at radius 2 is 1.86 bits per heavy atom. The van der Waals surface area contributed by atoms with Crippen molar-refractivity contribution in [2.24, 2.45) is 11.0 Å². The first-order valence-corrected chi connectivity index (χ1v) is 9.96. The zero-order chi connectivity index (χ0) is 20.5. The van der Waals surface area contributed by atoms with Gasteiger partial charge < -0.3 is 4.90 Å². The molecule has 2 aliphatic rings. The summed E-state index contributed by atoms with van der Waals surface area (Å²) in [6.07, 6.45) is 2.23. The van der Waals surface area contributed by atoms with Gasteiger partial charge >= 0.3 is 0 Å². The van der Waals surface area contributed by atoms with Crippen LogP contribution in [0, 0.1) is 11.7 Å². The second-order valence-corrected chi connectivity index (χ2v) is 7.91. The standard InChI is InChI=1S/C22H21ClFN3O2/c1-26(22(29)15-6-7-15)13-21(28)27-20(14-8-10-16(24)11-9-14)12-19(25-27)17-4-2-3-5-18(17)23/h2-5,8-11,15,20H,6-7,12-13H2,1H3/t20-/m1/s1. The van der Waals surface area contributed by atoms with Crippen molar-refractivity contribution in [2.75, 3.05) is 13.6 Å². The van der Waals surface area contributed by atoms with Gasteiger partial charge in [0.2, 0.25) is 5.91 Å². The van der Waals surface area contributed by atoms with Gasteiger partial charge in [-0.1, -0.05) is 41.9 Å². The van der Waals surface area contributed by atoms with E-state index in [9.17, 15) is 14.0 Å². The molecule has 0 aromatic heterocycles. The van der Waals surface area contributed by atoms with Crippen LogP contribution in [-0.2, 0) is 9.59 Å². The first kappa shape index (κ1) is 19.6. The van der Waals surface area contributed by atoms with Crippen molar-refractivity contribution in [1.82, 2.24) is 9.91 Å². The Balaban J connectivity index is 1.61. The van der Waals surface area contributed by atoms with Gasteiger partial charge in [-0.3, -0.25) is 9.59 Å². The van der Waals surface area contributed by atoms with Gasteiger partial charge in [-0.25, -0.2) is 9.40 Å². The third kappa shape index (κ3) is 4.17. The molecule has 0 radical (unpaired) electrons. The lowest BCUT2D eigenvalue weighted by Crippen LogP contribution is -2.39. The number of likely N-dealkylation sites (N-methyl/N-ethyl adjacent to an activating group) is 1. The van der Waals surface area contributed by atoms with Gasteiger partial charge in [0, 0.05) is 30.0 Å². The summed E-state index contributed by atoms with van der Waals surface area (Å²) in [6, 6.07) is 13.0. The molecule has 1 aliphatic heterocycles. The Morgan fingerprint density at radius 1 is 1.17 bits per heavy atom. The Kier molecular flexibility index (Phi) is 5.37. The summed E-state index contributed by atoms with van der Waals surface area (Å²) in [5.74, 6) is -0.586. The summed E-state index contributed by atoms with van der Waals surface area (Å²) in [6.45, 7) is -0.0493. The second kappa shape index (κ2) is 7.95. The minimum absolute atomic E-state index is 0.00816. The fourth-order valence-corrected chi connectivity index (χ4v) is 3.78. The molecule has 0 bridgehead atoms. The lowest BCUT2D eigenvalue weighted by atomic mass is 9.98. The van der Waals surface area contributed by atoms with Crippen LogP contribution in [0.3, 0.4) is 0 Å². The number of hydrogen-bond acceptors (Lipinski definition) is 3. The smallest absolute Gasteiger partial charge is 0.262 e. The largest absolute Gasteiger partial charge is 0.336 e. The number of halogens is 2. The normalized spacial score (nSPS) is 18.5. The molecule has 29 heavy (non-hydrogen) atoms. The molecule has 0 unspecified atom stereocenters. The van der Waals surface area contributed by atoms with E-state index in [0.29, 0.717) is 17.2 Å². The van der Waals surface area contributed by atoms with E-state index in [0.717, 1.165) is 24.0 Å². The molecule has 4 rings (SSSR count). The highest BCUT2D eigenvalue weighted by atomic mass is 35.5. The average molecular weight is 414 g/mol. The number of amides is 2. The van der Waals surface area contributed by atoms with Gasteiger partial charge in [-0.2, -0.15) is 5.10 Å². The highest BCUT2D eigenvalue weighted by Gasteiger charge is 2.36. The van der Waals surface area contributed by atoms with Crippen LogP contribution < -0.4 is 0 Å². The quantitative estimate of drug-likeness (QED) is 0.743. The minimum atomic E-state index is -0.376. The topological polar surface area (TPSA) is 53.0 Å². The monoisotopic (exact) mass is 413 g/mol. The Labute approximate surface area is 173 Å². The number of nitrogens with zero attached hydrogens (tertiary/aromatic N) is 3. The summed E-state index contributed by atoms with van der Waals surface area (Å²) >= 11 is 6.33.